The number of hydrogen-bond acceptors (Lipinski definition) is 5. The monoisotopic (exact) mass is 232 g/mol. The van der Waals surface area contributed by atoms with Gasteiger partial charge in [-0.15, -0.1) is 5.10 Å². The molecule has 0 spiro atoms. The predicted molar refractivity (Wildman–Crippen MR) is 58.8 cm³/mol. The lowest BCUT2D eigenvalue weighted by atomic mass is 10.2. The van der Waals surface area contributed by atoms with E-state index in [1.54, 1.807) is 43.5 Å². The van der Waals surface area contributed by atoms with Gasteiger partial charge in [0.25, 0.3) is 5.91 Å². The van der Waals surface area contributed by atoms with Gasteiger partial charge in [-0.2, -0.15) is 0 Å². The van der Waals surface area contributed by atoms with E-state index in [9.17, 15) is 4.79 Å². The summed E-state index contributed by atoms with van der Waals surface area (Å²) in [6.45, 7) is 0.366. The average Bonchev–Trinajstić information content (AvgIpc) is 2.75. The van der Waals surface area contributed by atoms with Gasteiger partial charge in [0.1, 0.15) is 0 Å². The van der Waals surface area contributed by atoms with E-state index in [2.05, 4.69) is 20.5 Å². The summed E-state index contributed by atoms with van der Waals surface area (Å²) in [4.78, 5) is 17.4. The highest BCUT2D eigenvalue weighted by atomic mass is 16.2. The molecule has 0 aromatic carbocycles. The number of tetrazole rings is 1. The number of aromatic nitrogens is 5. The molecule has 17 heavy (non-hydrogen) atoms. The van der Waals surface area contributed by atoms with Gasteiger partial charge >= 0.3 is 0 Å². The van der Waals surface area contributed by atoms with Crippen LogP contribution in [0.3, 0.4) is 0 Å². The maximum Gasteiger partial charge on any atom is 0.254 e. The average molecular weight is 232 g/mol. The fourth-order valence-electron chi connectivity index (χ4n) is 1.38. The van der Waals surface area contributed by atoms with Gasteiger partial charge in [-0.25, -0.2) is 4.68 Å². The molecule has 0 aliphatic rings. The first kappa shape index (κ1) is 11.2. The van der Waals surface area contributed by atoms with Crippen molar-refractivity contribution in [2.75, 3.05) is 7.05 Å². The van der Waals surface area contributed by atoms with Crippen molar-refractivity contribution in [2.24, 2.45) is 7.05 Å². The first-order valence-corrected chi connectivity index (χ1v) is 5.05. The second kappa shape index (κ2) is 4.69. The molecular formula is C10H12N6O. The Balaban J connectivity index is 2.09. The molecule has 88 valence electrons. The lowest BCUT2D eigenvalue weighted by molar-refractivity contribution is 0.0780. The zero-order valence-corrected chi connectivity index (χ0v) is 9.61. The van der Waals surface area contributed by atoms with E-state index in [-0.39, 0.29) is 5.91 Å². The Labute approximate surface area is 98.1 Å². The van der Waals surface area contributed by atoms with Gasteiger partial charge in [-0.05, 0) is 22.6 Å². The Morgan fingerprint density at radius 1 is 1.41 bits per heavy atom. The molecule has 0 unspecified atom stereocenters. The number of amides is 1. The van der Waals surface area contributed by atoms with Gasteiger partial charge in [0.2, 0.25) is 0 Å². The van der Waals surface area contributed by atoms with Crippen molar-refractivity contribution >= 4 is 5.91 Å². The Bertz CT molecular complexity index is 509. The normalized spacial score (nSPS) is 10.2. The van der Waals surface area contributed by atoms with Gasteiger partial charge in [0, 0.05) is 32.1 Å². The maximum atomic E-state index is 12.0. The topological polar surface area (TPSA) is 76.8 Å². The highest BCUT2D eigenvalue weighted by molar-refractivity contribution is 5.93. The van der Waals surface area contributed by atoms with Gasteiger partial charge in [-0.3, -0.25) is 9.78 Å². The summed E-state index contributed by atoms with van der Waals surface area (Å²) in [5.41, 5.74) is 0.595. The lowest BCUT2D eigenvalue weighted by Crippen LogP contribution is -2.27. The van der Waals surface area contributed by atoms with Crippen molar-refractivity contribution in [3.8, 4) is 0 Å². The van der Waals surface area contributed by atoms with Gasteiger partial charge < -0.3 is 4.90 Å². The third-order valence-corrected chi connectivity index (χ3v) is 2.36. The van der Waals surface area contributed by atoms with Crippen LogP contribution in [-0.4, -0.2) is 43.0 Å². The maximum absolute atomic E-state index is 12.0. The van der Waals surface area contributed by atoms with E-state index in [0.717, 1.165) is 0 Å². The molecule has 0 atom stereocenters. The van der Waals surface area contributed by atoms with Crippen LogP contribution in [0.1, 0.15) is 16.2 Å². The molecule has 0 saturated heterocycles. The van der Waals surface area contributed by atoms with Crippen LogP contribution >= 0.6 is 0 Å². The van der Waals surface area contributed by atoms with Crippen LogP contribution < -0.4 is 0 Å². The van der Waals surface area contributed by atoms with Crippen LogP contribution in [0, 0.1) is 0 Å². The number of nitrogens with zero attached hydrogens (tertiary/aromatic N) is 6. The number of rotatable bonds is 3. The van der Waals surface area contributed by atoms with Crippen molar-refractivity contribution in [1.29, 1.82) is 0 Å². The van der Waals surface area contributed by atoms with Crippen molar-refractivity contribution in [3.05, 3.63) is 35.9 Å². The van der Waals surface area contributed by atoms with Crippen LogP contribution in [0.4, 0.5) is 0 Å². The Hall–Kier alpha value is -2.31. The van der Waals surface area contributed by atoms with Crippen LogP contribution in [0.5, 0.6) is 0 Å². The number of aryl methyl sites for hydroxylation is 1. The Kier molecular flexibility index (Phi) is 3.08. The smallest absolute Gasteiger partial charge is 0.254 e. The molecule has 0 aliphatic carbocycles. The molecule has 0 fully saturated rings. The van der Waals surface area contributed by atoms with Crippen molar-refractivity contribution in [2.45, 2.75) is 6.54 Å². The fourth-order valence-corrected chi connectivity index (χ4v) is 1.38. The first-order chi connectivity index (χ1) is 8.18. The summed E-state index contributed by atoms with van der Waals surface area (Å²) in [6, 6.07) is 3.35. The highest BCUT2D eigenvalue weighted by Crippen LogP contribution is 2.04. The van der Waals surface area contributed by atoms with E-state index in [1.165, 1.54) is 4.68 Å². The van der Waals surface area contributed by atoms with Crippen molar-refractivity contribution < 1.29 is 4.79 Å². The van der Waals surface area contributed by atoms with Gasteiger partial charge in [-0.1, -0.05) is 0 Å². The van der Waals surface area contributed by atoms with Crippen LogP contribution in [0.2, 0.25) is 0 Å². The van der Waals surface area contributed by atoms with E-state index in [1.807, 2.05) is 0 Å². The summed E-state index contributed by atoms with van der Waals surface area (Å²) in [5.74, 6) is 0.547. The summed E-state index contributed by atoms with van der Waals surface area (Å²) in [5, 5.41) is 11.1. The minimum atomic E-state index is -0.0876. The second-order valence-corrected chi connectivity index (χ2v) is 3.62. The molecule has 2 rings (SSSR count). The summed E-state index contributed by atoms with van der Waals surface area (Å²) in [6.07, 6.45) is 3.18. The fraction of sp³-hybridized carbons (Fsp3) is 0.300. The zero-order valence-electron chi connectivity index (χ0n) is 9.61. The molecule has 2 heterocycles. The Morgan fingerprint density at radius 3 is 2.71 bits per heavy atom. The number of carbonyl (C=O) groups excluding carboxylic acids is 1. The predicted octanol–water partition coefficient (Wildman–Crippen LogP) is -0.123. The zero-order chi connectivity index (χ0) is 12.3. The molecule has 0 bridgehead atoms. The lowest BCUT2D eigenvalue weighted by Gasteiger charge is -2.15. The van der Waals surface area contributed by atoms with Crippen LogP contribution in [-0.2, 0) is 13.6 Å². The molecule has 0 aliphatic heterocycles. The molecule has 0 N–H and O–H groups in total. The van der Waals surface area contributed by atoms with Crippen LogP contribution in [0.15, 0.2) is 24.5 Å². The summed E-state index contributed by atoms with van der Waals surface area (Å²) in [7, 11) is 3.44. The highest BCUT2D eigenvalue weighted by Gasteiger charge is 2.14. The third-order valence-electron chi connectivity index (χ3n) is 2.36. The summed E-state index contributed by atoms with van der Waals surface area (Å²) >= 11 is 0. The molecule has 0 radical (unpaired) electrons. The first-order valence-electron chi connectivity index (χ1n) is 5.05. The van der Waals surface area contributed by atoms with Gasteiger partial charge in [0.05, 0.1) is 6.54 Å². The molecular weight excluding hydrogens is 220 g/mol. The second-order valence-electron chi connectivity index (χ2n) is 3.62. The van der Waals surface area contributed by atoms with Crippen molar-refractivity contribution in [1.82, 2.24) is 30.1 Å². The minimum Gasteiger partial charge on any atom is -0.334 e. The van der Waals surface area contributed by atoms with Crippen molar-refractivity contribution in [3.63, 3.8) is 0 Å². The molecule has 2 aromatic rings. The molecule has 7 heteroatoms. The standard InChI is InChI=1S/C10H12N6O/c1-15(7-9-12-13-14-16(9)2)10(17)8-3-5-11-6-4-8/h3-6H,7H2,1-2H3. The molecule has 2 aromatic heterocycles. The molecule has 7 nitrogen and oxygen atoms in total. The summed E-state index contributed by atoms with van der Waals surface area (Å²) < 4.78 is 1.54. The van der Waals surface area contributed by atoms with Crippen LogP contribution in [0.25, 0.3) is 0 Å². The van der Waals surface area contributed by atoms with Gasteiger partial charge in [0.15, 0.2) is 5.82 Å². The van der Waals surface area contributed by atoms with E-state index in [0.29, 0.717) is 17.9 Å². The van der Waals surface area contributed by atoms with E-state index < -0.39 is 0 Å². The number of pyridine rings is 1. The Morgan fingerprint density at radius 2 is 2.12 bits per heavy atom. The quantitative estimate of drug-likeness (QED) is 0.737. The number of carbonyl (C=O) groups is 1. The molecule has 0 saturated carbocycles. The van der Waals surface area contributed by atoms with E-state index in [4.69, 9.17) is 0 Å². The van der Waals surface area contributed by atoms with E-state index >= 15 is 0 Å². The molecule has 1 amide bonds. The third kappa shape index (κ3) is 2.44. The largest absolute Gasteiger partial charge is 0.334 e. The SMILES string of the molecule is CN(Cc1nnnn1C)C(=O)c1ccncc1. The minimum absolute atomic E-state index is 0.0876. The number of hydrogen-bond donors (Lipinski definition) is 0.